The van der Waals surface area contributed by atoms with Crippen LogP contribution in [-0.2, 0) is 0 Å². The zero-order valence-corrected chi connectivity index (χ0v) is 18.7. The van der Waals surface area contributed by atoms with Crippen LogP contribution >= 0.6 is 34.3 Å². The van der Waals surface area contributed by atoms with Crippen molar-refractivity contribution in [1.82, 2.24) is 14.9 Å². The Labute approximate surface area is 182 Å². The van der Waals surface area contributed by atoms with Crippen molar-refractivity contribution in [3.8, 4) is 0 Å². The Hall–Kier alpha value is -2.06. The summed E-state index contributed by atoms with van der Waals surface area (Å²) in [6.45, 7) is 7.44. The number of benzene rings is 2. The van der Waals surface area contributed by atoms with Gasteiger partial charge in [0.05, 0.1) is 19.9 Å². The Morgan fingerprint density at radius 3 is 2.45 bits per heavy atom. The van der Waals surface area contributed by atoms with E-state index in [4.69, 9.17) is 16.6 Å². The smallest absolute Gasteiger partial charge is 0.289 e. The number of anilines is 1. The van der Waals surface area contributed by atoms with Gasteiger partial charge in [-0.15, -0.1) is 11.3 Å². The molecule has 0 saturated heterocycles. The summed E-state index contributed by atoms with van der Waals surface area (Å²) in [5.74, 6) is -0.117. The molecule has 150 valence electrons. The molecule has 0 bridgehead atoms. The van der Waals surface area contributed by atoms with Gasteiger partial charge in [-0.1, -0.05) is 55.0 Å². The maximum absolute atomic E-state index is 13.5. The molecule has 2 aromatic carbocycles. The number of halogens is 1. The molecule has 4 aromatic rings. The fraction of sp³-hybridized carbons (Fsp3) is 0.286. The van der Waals surface area contributed by atoms with E-state index in [1.807, 2.05) is 42.5 Å². The van der Waals surface area contributed by atoms with Gasteiger partial charge in [-0.25, -0.2) is 9.97 Å². The summed E-state index contributed by atoms with van der Waals surface area (Å²) in [7, 11) is 0. The van der Waals surface area contributed by atoms with Crippen molar-refractivity contribution in [1.29, 1.82) is 0 Å². The minimum Gasteiger partial charge on any atom is -0.302 e. The van der Waals surface area contributed by atoms with Gasteiger partial charge in [-0.05, 0) is 37.4 Å². The molecule has 0 saturated carbocycles. The zero-order valence-electron chi connectivity index (χ0n) is 16.3. The third-order valence-corrected chi connectivity index (χ3v) is 7.22. The summed E-state index contributed by atoms with van der Waals surface area (Å²) in [6.07, 6.45) is 0. The van der Waals surface area contributed by atoms with Crippen molar-refractivity contribution in [2.75, 3.05) is 31.1 Å². The number of carbonyl (C=O) groups excluding carboxylic acids is 1. The van der Waals surface area contributed by atoms with Crippen molar-refractivity contribution >= 4 is 65.7 Å². The first-order valence-electron chi connectivity index (χ1n) is 9.55. The molecule has 2 aromatic heterocycles. The molecular weight excluding hydrogens is 424 g/mol. The van der Waals surface area contributed by atoms with Gasteiger partial charge in [0.1, 0.15) is 5.52 Å². The zero-order chi connectivity index (χ0) is 20.4. The highest BCUT2D eigenvalue weighted by Crippen LogP contribution is 2.34. The second-order valence-corrected chi connectivity index (χ2v) is 9.00. The van der Waals surface area contributed by atoms with Gasteiger partial charge in [0.2, 0.25) is 0 Å². The summed E-state index contributed by atoms with van der Waals surface area (Å²) in [4.78, 5) is 26.7. The van der Waals surface area contributed by atoms with Crippen LogP contribution in [0.25, 0.3) is 20.4 Å². The summed E-state index contributed by atoms with van der Waals surface area (Å²) < 4.78 is 1.98. The number of aromatic nitrogens is 2. The van der Waals surface area contributed by atoms with E-state index in [1.165, 1.54) is 22.7 Å². The lowest BCUT2D eigenvalue weighted by Crippen LogP contribution is -2.38. The summed E-state index contributed by atoms with van der Waals surface area (Å²) in [5, 5.41) is 1.74. The van der Waals surface area contributed by atoms with Gasteiger partial charge in [0, 0.05) is 13.1 Å². The lowest BCUT2D eigenvalue weighted by atomic mass is 10.3. The minimum absolute atomic E-state index is 0.117. The largest absolute Gasteiger partial charge is 0.302 e. The Bertz CT molecular complexity index is 1120. The number of carbonyl (C=O) groups is 1. The lowest BCUT2D eigenvalue weighted by Gasteiger charge is -2.24. The molecule has 0 radical (unpaired) electrons. The number of hydrogen-bond acceptors (Lipinski definition) is 6. The minimum atomic E-state index is -0.117. The maximum atomic E-state index is 13.5. The van der Waals surface area contributed by atoms with Crippen molar-refractivity contribution in [2.24, 2.45) is 0 Å². The van der Waals surface area contributed by atoms with Gasteiger partial charge >= 0.3 is 0 Å². The van der Waals surface area contributed by atoms with E-state index in [1.54, 1.807) is 4.90 Å². The van der Waals surface area contributed by atoms with Crippen molar-refractivity contribution in [3.05, 3.63) is 52.5 Å². The number of para-hydroxylation sites is 2. The van der Waals surface area contributed by atoms with Crippen LogP contribution in [0.4, 0.5) is 5.13 Å². The number of hydrogen-bond donors (Lipinski definition) is 0. The van der Waals surface area contributed by atoms with Crippen LogP contribution in [0.3, 0.4) is 0 Å². The van der Waals surface area contributed by atoms with E-state index in [0.717, 1.165) is 40.1 Å². The molecule has 4 rings (SSSR count). The van der Waals surface area contributed by atoms with Gasteiger partial charge in [0.15, 0.2) is 10.1 Å². The van der Waals surface area contributed by atoms with Crippen LogP contribution < -0.4 is 4.90 Å². The normalized spacial score (nSPS) is 11.6. The summed E-state index contributed by atoms with van der Waals surface area (Å²) in [5.41, 5.74) is 1.58. The SMILES string of the molecule is CCN(CC)CCN(C(=O)c1nc2ccccc2s1)c1nc2c(Cl)cccc2s1. The van der Waals surface area contributed by atoms with Crippen LogP contribution in [0.5, 0.6) is 0 Å². The monoisotopic (exact) mass is 444 g/mol. The molecule has 8 heteroatoms. The van der Waals surface area contributed by atoms with E-state index < -0.39 is 0 Å². The van der Waals surface area contributed by atoms with E-state index in [9.17, 15) is 4.79 Å². The first-order chi connectivity index (χ1) is 14.1. The van der Waals surface area contributed by atoms with Gasteiger partial charge in [0.25, 0.3) is 5.91 Å². The highest BCUT2D eigenvalue weighted by Gasteiger charge is 2.25. The van der Waals surface area contributed by atoms with Crippen LogP contribution in [0.2, 0.25) is 5.02 Å². The average Bonchev–Trinajstić information content (AvgIpc) is 3.36. The van der Waals surface area contributed by atoms with E-state index in [2.05, 4.69) is 23.7 Å². The van der Waals surface area contributed by atoms with Crippen molar-refractivity contribution in [2.45, 2.75) is 13.8 Å². The molecular formula is C21H21ClN4OS2. The number of likely N-dealkylation sites (N-methyl/N-ethyl adjacent to an activating group) is 1. The Morgan fingerprint density at radius 2 is 1.72 bits per heavy atom. The molecule has 0 fully saturated rings. The Balaban J connectivity index is 1.72. The van der Waals surface area contributed by atoms with Crippen molar-refractivity contribution < 1.29 is 4.79 Å². The van der Waals surface area contributed by atoms with E-state index in [0.29, 0.717) is 21.7 Å². The Morgan fingerprint density at radius 1 is 0.966 bits per heavy atom. The van der Waals surface area contributed by atoms with E-state index >= 15 is 0 Å². The molecule has 0 aliphatic rings. The topological polar surface area (TPSA) is 49.3 Å². The third kappa shape index (κ3) is 4.14. The van der Waals surface area contributed by atoms with E-state index in [-0.39, 0.29) is 5.91 Å². The number of thiazole rings is 2. The average molecular weight is 445 g/mol. The molecule has 0 spiro atoms. The fourth-order valence-corrected chi connectivity index (χ4v) is 5.37. The molecule has 0 atom stereocenters. The van der Waals surface area contributed by atoms with Crippen LogP contribution in [-0.4, -0.2) is 47.0 Å². The lowest BCUT2D eigenvalue weighted by molar-refractivity contribution is 0.0983. The first-order valence-corrected chi connectivity index (χ1v) is 11.6. The molecule has 0 N–H and O–H groups in total. The molecule has 0 unspecified atom stereocenters. The van der Waals surface area contributed by atoms with Gasteiger partial charge < -0.3 is 4.90 Å². The second-order valence-electron chi connectivity index (χ2n) is 6.55. The predicted octanol–water partition coefficient (Wildman–Crippen LogP) is 5.55. The second kappa shape index (κ2) is 8.75. The maximum Gasteiger partial charge on any atom is 0.289 e. The quantitative estimate of drug-likeness (QED) is 0.375. The summed E-state index contributed by atoms with van der Waals surface area (Å²) >= 11 is 9.22. The first kappa shape index (κ1) is 20.2. The predicted molar refractivity (Wildman–Crippen MR) is 124 cm³/mol. The van der Waals surface area contributed by atoms with Crippen LogP contribution in [0, 0.1) is 0 Å². The molecule has 2 heterocycles. The summed E-state index contributed by atoms with van der Waals surface area (Å²) in [6, 6.07) is 13.5. The number of amides is 1. The van der Waals surface area contributed by atoms with Crippen molar-refractivity contribution in [3.63, 3.8) is 0 Å². The number of nitrogens with zero attached hydrogens (tertiary/aromatic N) is 4. The molecule has 5 nitrogen and oxygen atoms in total. The van der Waals surface area contributed by atoms with Crippen LogP contribution in [0.15, 0.2) is 42.5 Å². The fourth-order valence-electron chi connectivity index (χ4n) is 3.16. The standard InChI is InChI=1S/C21H21ClN4OS2/c1-3-25(4-2)12-13-26(21-24-18-14(22)8-7-11-17(18)29-21)20(27)19-23-15-9-5-6-10-16(15)28-19/h5-11H,3-4,12-13H2,1-2H3. The highest BCUT2D eigenvalue weighted by atomic mass is 35.5. The highest BCUT2D eigenvalue weighted by molar-refractivity contribution is 7.23. The molecule has 0 aliphatic carbocycles. The van der Waals surface area contributed by atoms with Gasteiger partial charge in [-0.3, -0.25) is 9.69 Å². The van der Waals surface area contributed by atoms with Gasteiger partial charge in [-0.2, -0.15) is 0 Å². The molecule has 29 heavy (non-hydrogen) atoms. The number of fused-ring (bicyclic) bond motifs is 2. The van der Waals surface area contributed by atoms with Crippen LogP contribution in [0.1, 0.15) is 23.6 Å². The molecule has 0 aliphatic heterocycles. The third-order valence-electron chi connectivity index (χ3n) is 4.85. The Kier molecular flexibility index (Phi) is 6.10. The number of rotatable bonds is 7. The molecule has 1 amide bonds.